The van der Waals surface area contributed by atoms with Gasteiger partial charge in [-0.05, 0) is 24.5 Å². The minimum Gasteiger partial charge on any atom is -0.385 e. The number of aromatic nitrogens is 3. The van der Waals surface area contributed by atoms with Crippen LogP contribution >= 0.6 is 0 Å². The molecule has 0 saturated carbocycles. The summed E-state index contributed by atoms with van der Waals surface area (Å²) in [7, 11) is 1.64. The third-order valence-corrected chi connectivity index (χ3v) is 4.07. The van der Waals surface area contributed by atoms with E-state index in [0.29, 0.717) is 24.7 Å². The summed E-state index contributed by atoms with van der Waals surface area (Å²) in [5.74, 6) is 0.430. The van der Waals surface area contributed by atoms with Crippen LogP contribution in [0.2, 0.25) is 0 Å². The molecular weight excluding hydrogens is 330 g/mol. The van der Waals surface area contributed by atoms with Gasteiger partial charge in [0, 0.05) is 43.9 Å². The smallest absolute Gasteiger partial charge is 0.271 e. The van der Waals surface area contributed by atoms with Gasteiger partial charge in [0.1, 0.15) is 11.5 Å². The van der Waals surface area contributed by atoms with E-state index in [9.17, 15) is 4.79 Å². The maximum absolute atomic E-state index is 11.9. The fraction of sp³-hybridized carbons (Fsp3) is 0.316. The summed E-state index contributed by atoms with van der Waals surface area (Å²) < 4.78 is 4.94. The molecule has 3 rings (SSSR count). The molecule has 0 aliphatic carbocycles. The lowest BCUT2D eigenvalue weighted by Gasteiger charge is -2.07. The monoisotopic (exact) mass is 353 g/mol. The van der Waals surface area contributed by atoms with Crippen molar-refractivity contribution in [2.45, 2.75) is 12.8 Å². The summed E-state index contributed by atoms with van der Waals surface area (Å²) in [6.07, 6.45) is 6.74. The van der Waals surface area contributed by atoms with Crippen LogP contribution in [-0.2, 0) is 11.2 Å². The summed E-state index contributed by atoms with van der Waals surface area (Å²) in [5, 5.41) is 7.26. The zero-order valence-corrected chi connectivity index (χ0v) is 14.8. The molecule has 0 atom stereocenters. The summed E-state index contributed by atoms with van der Waals surface area (Å²) in [4.78, 5) is 23.6. The molecule has 3 aromatic rings. The molecule has 3 N–H and O–H groups in total. The van der Waals surface area contributed by atoms with Crippen LogP contribution in [0.25, 0.3) is 10.9 Å². The molecule has 0 unspecified atom stereocenters. The highest BCUT2D eigenvalue weighted by Crippen LogP contribution is 2.18. The molecule has 0 spiro atoms. The van der Waals surface area contributed by atoms with Crippen LogP contribution in [0.15, 0.2) is 42.9 Å². The van der Waals surface area contributed by atoms with E-state index >= 15 is 0 Å². The molecule has 2 aromatic heterocycles. The number of benzene rings is 1. The second-order valence-electron chi connectivity index (χ2n) is 5.93. The van der Waals surface area contributed by atoms with Crippen LogP contribution in [0.4, 0.5) is 5.82 Å². The molecule has 1 aromatic carbocycles. The number of hydrogen-bond donors (Lipinski definition) is 3. The zero-order chi connectivity index (χ0) is 18.2. The first kappa shape index (κ1) is 17.9. The van der Waals surface area contributed by atoms with Crippen LogP contribution in [0, 0.1) is 0 Å². The standard InChI is InChI=1S/C19H23N5O2/c1-26-10-4-8-21-19(25)17-12-24-18(13-23-17)20-9-7-14-11-22-16-6-3-2-5-15(14)16/h2-3,5-6,11-13,22H,4,7-10H2,1H3,(H,20,24)(H,21,25). The van der Waals surface area contributed by atoms with E-state index in [1.807, 2.05) is 18.3 Å². The maximum Gasteiger partial charge on any atom is 0.271 e. The fourth-order valence-electron chi connectivity index (χ4n) is 2.71. The number of rotatable bonds is 9. The molecular formula is C19H23N5O2. The van der Waals surface area contributed by atoms with E-state index < -0.39 is 0 Å². The number of nitrogens with one attached hydrogen (secondary N) is 3. The molecule has 1 amide bonds. The van der Waals surface area contributed by atoms with Crippen LogP contribution in [0.5, 0.6) is 0 Å². The Morgan fingerprint density at radius 1 is 1.19 bits per heavy atom. The zero-order valence-electron chi connectivity index (χ0n) is 14.8. The molecule has 2 heterocycles. The van der Waals surface area contributed by atoms with Crippen molar-refractivity contribution < 1.29 is 9.53 Å². The minimum absolute atomic E-state index is 0.223. The number of anilines is 1. The molecule has 0 aliphatic heterocycles. The van der Waals surface area contributed by atoms with Crippen LogP contribution in [0.3, 0.4) is 0 Å². The Bertz CT molecular complexity index is 845. The Balaban J connectivity index is 1.47. The number of hydrogen-bond acceptors (Lipinski definition) is 5. The SMILES string of the molecule is COCCCNC(=O)c1cnc(NCCc2c[nH]c3ccccc23)cn1. The predicted octanol–water partition coefficient (Wildman–Crippen LogP) is 2.38. The largest absolute Gasteiger partial charge is 0.385 e. The van der Waals surface area contributed by atoms with Gasteiger partial charge in [0.05, 0.1) is 12.4 Å². The van der Waals surface area contributed by atoms with Gasteiger partial charge in [0.15, 0.2) is 0 Å². The van der Waals surface area contributed by atoms with Crippen LogP contribution in [0.1, 0.15) is 22.5 Å². The number of aromatic amines is 1. The third-order valence-electron chi connectivity index (χ3n) is 4.07. The second kappa shape index (κ2) is 8.96. The highest BCUT2D eigenvalue weighted by atomic mass is 16.5. The predicted molar refractivity (Wildman–Crippen MR) is 101 cm³/mol. The van der Waals surface area contributed by atoms with E-state index in [1.165, 1.54) is 17.1 Å². The first-order chi connectivity index (χ1) is 12.8. The van der Waals surface area contributed by atoms with E-state index in [0.717, 1.165) is 24.9 Å². The molecule has 0 bridgehead atoms. The van der Waals surface area contributed by atoms with Gasteiger partial charge in [0.25, 0.3) is 5.91 Å². The molecule has 0 saturated heterocycles. The fourth-order valence-corrected chi connectivity index (χ4v) is 2.71. The Kier molecular flexibility index (Phi) is 6.16. The molecule has 0 radical (unpaired) electrons. The number of carbonyl (C=O) groups is 1. The van der Waals surface area contributed by atoms with Crippen molar-refractivity contribution in [1.29, 1.82) is 0 Å². The van der Waals surface area contributed by atoms with Crippen LogP contribution < -0.4 is 10.6 Å². The van der Waals surface area contributed by atoms with E-state index in [2.05, 4.69) is 37.7 Å². The summed E-state index contributed by atoms with van der Waals surface area (Å²) >= 11 is 0. The molecule has 0 aliphatic rings. The number of ether oxygens (including phenoxy) is 1. The Morgan fingerprint density at radius 2 is 2.08 bits per heavy atom. The Morgan fingerprint density at radius 3 is 2.88 bits per heavy atom. The van der Waals surface area contributed by atoms with Crippen molar-refractivity contribution in [1.82, 2.24) is 20.3 Å². The lowest BCUT2D eigenvalue weighted by Crippen LogP contribution is -2.26. The van der Waals surface area contributed by atoms with E-state index in [4.69, 9.17) is 4.74 Å². The number of amides is 1. The van der Waals surface area contributed by atoms with Gasteiger partial charge in [-0.15, -0.1) is 0 Å². The van der Waals surface area contributed by atoms with Crippen molar-refractivity contribution in [2.24, 2.45) is 0 Å². The average molecular weight is 353 g/mol. The van der Waals surface area contributed by atoms with Crippen molar-refractivity contribution in [2.75, 3.05) is 32.1 Å². The number of fused-ring (bicyclic) bond motifs is 1. The summed E-state index contributed by atoms with van der Waals surface area (Å²) in [6, 6.07) is 8.24. The lowest BCUT2D eigenvalue weighted by molar-refractivity contribution is 0.0943. The van der Waals surface area contributed by atoms with Gasteiger partial charge in [-0.25, -0.2) is 9.97 Å². The van der Waals surface area contributed by atoms with Gasteiger partial charge < -0.3 is 20.4 Å². The van der Waals surface area contributed by atoms with Crippen molar-refractivity contribution in [3.8, 4) is 0 Å². The number of methoxy groups -OCH3 is 1. The number of para-hydroxylation sites is 1. The summed E-state index contributed by atoms with van der Waals surface area (Å²) in [6.45, 7) is 1.91. The first-order valence-electron chi connectivity index (χ1n) is 8.66. The number of H-pyrrole nitrogens is 1. The normalized spacial score (nSPS) is 10.8. The van der Waals surface area contributed by atoms with Gasteiger partial charge in [-0.2, -0.15) is 0 Å². The van der Waals surface area contributed by atoms with Gasteiger partial charge >= 0.3 is 0 Å². The average Bonchev–Trinajstić information content (AvgIpc) is 3.09. The van der Waals surface area contributed by atoms with Gasteiger partial charge in [-0.1, -0.05) is 18.2 Å². The van der Waals surface area contributed by atoms with Gasteiger partial charge in [0.2, 0.25) is 0 Å². The van der Waals surface area contributed by atoms with Crippen molar-refractivity contribution in [3.05, 3.63) is 54.1 Å². The Labute approximate surface area is 152 Å². The maximum atomic E-state index is 11.9. The Hall–Kier alpha value is -2.93. The summed E-state index contributed by atoms with van der Waals surface area (Å²) in [5.41, 5.74) is 2.71. The topological polar surface area (TPSA) is 91.9 Å². The number of nitrogens with zero attached hydrogens (tertiary/aromatic N) is 2. The van der Waals surface area contributed by atoms with E-state index in [1.54, 1.807) is 13.3 Å². The van der Waals surface area contributed by atoms with Crippen LogP contribution in [-0.4, -0.2) is 47.7 Å². The first-order valence-corrected chi connectivity index (χ1v) is 8.66. The molecule has 0 fully saturated rings. The van der Waals surface area contributed by atoms with E-state index in [-0.39, 0.29) is 5.91 Å². The third kappa shape index (κ3) is 4.58. The lowest BCUT2D eigenvalue weighted by atomic mass is 10.1. The van der Waals surface area contributed by atoms with Crippen molar-refractivity contribution in [3.63, 3.8) is 0 Å². The molecule has 136 valence electrons. The molecule has 26 heavy (non-hydrogen) atoms. The highest BCUT2D eigenvalue weighted by molar-refractivity contribution is 5.92. The molecule has 7 heteroatoms. The second-order valence-corrected chi connectivity index (χ2v) is 5.93. The molecule has 7 nitrogen and oxygen atoms in total. The highest BCUT2D eigenvalue weighted by Gasteiger charge is 2.07. The van der Waals surface area contributed by atoms with Crippen molar-refractivity contribution >= 4 is 22.6 Å². The van der Waals surface area contributed by atoms with Gasteiger partial charge in [-0.3, -0.25) is 4.79 Å². The number of carbonyl (C=O) groups excluding carboxylic acids is 1. The minimum atomic E-state index is -0.223. The quantitative estimate of drug-likeness (QED) is 0.514.